The van der Waals surface area contributed by atoms with Crippen molar-refractivity contribution in [2.75, 3.05) is 0 Å². The molecular formula is C26H21F4N5OS. The van der Waals surface area contributed by atoms with Crippen LogP contribution in [0, 0.1) is 31.0 Å². The average Bonchev–Trinajstić information content (AvgIpc) is 3.46. The molecule has 4 aromatic rings. The number of nitrogens with one attached hydrogen (secondary N) is 1. The van der Waals surface area contributed by atoms with Gasteiger partial charge in [0.05, 0.1) is 39.8 Å². The van der Waals surface area contributed by atoms with Crippen molar-refractivity contribution >= 4 is 17.2 Å². The third kappa shape index (κ3) is 5.11. The lowest BCUT2D eigenvalue weighted by molar-refractivity contribution is -0.137. The minimum atomic E-state index is -4.70. The topological polar surface area (TPSA) is 83.6 Å². The maximum Gasteiger partial charge on any atom is 0.417 e. The first-order valence-corrected chi connectivity index (χ1v) is 12.1. The van der Waals surface area contributed by atoms with Crippen LogP contribution in [-0.4, -0.2) is 20.7 Å². The van der Waals surface area contributed by atoms with E-state index in [0.29, 0.717) is 39.5 Å². The number of thiazole rings is 1. The van der Waals surface area contributed by atoms with E-state index in [1.165, 1.54) is 28.2 Å². The Hall–Kier alpha value is -4.04. The zero-order valence-electron chi connectivity index (χ0n) is 20.1. The van der Waals surface area contributed by atoms with Gasteiger partial charge in [0.25, 0.3) is 5.91 Å². The number of amides is 1. The molecule has 0 saturated heterocycles. The minimum absolute atomic E-state index is 0.0192. The summed E-state index contributed by atoms with van der Waals surface area (Å²) in [6.07, 6.45) is -4.09. The molecule has 1 amide bonds. The van der Waals surface area contributed by atoms with E-state index in [4.69, 9.17) is 5.26 Å². The maximum atomic E-state index is 15.0. The highest BCUT2D eigenvalue weighted by Crippen LogP contribution is 2.35. The number of carbonyl (C=O) groups is 1. The van der Waals surface area contributed by atoms with Crippen LogP contribution in [0.15, 0.2) is 41.9 Å². The van der Waals surface area contributed by atoms with E-state index in [1.807, 2.05) is 6.92 Å². The summed E-state index contributed by atoms with van der Waals surface area (Å²) < 4.78 is 56.7. The Labute approximate surface area is 214 Å². The molecular weight excluding hydrogens is 506 g/mol. The molecule has 0 aliphatic rings. The van der Waals surface area contributed by atoms with Crippen molar-refractivity contribution < 1.29 is 22.4 Å². The Morgan fingerprint density at radius 3 is 2.59 bits per heavy atom. The van der Waals surface area contributed by atoms with E-state index in [0.717, 1.165) is 12.1 Å². The van der Waals surface area contributed by atoms with Gasteiger partial charge in [0, 0.05) is 23.4 Å². The van der Waals surface area contributed by atoms with E-state index in [-0.39, 0.29) is 23.7 Å². The molecule has 11 heteroatoms. The molecule has 0 bridgehead atoms. The number of carbonyl (C=O) groups excluding carboxylic acids is 1. The SMILES string of the molecule is CCc1ncsc1C(=O)NCc1ccc(-c2c(C)nn(-c3ccc(C#N)c(C(F)(F)F)c3)c2C)cc1F. The van der Waals surface area contributed by atoms with E-state index in [9.17, 15) is 22.4 Å². The van der Waals surface area contributed by atoms with Gasteiger partial charge in [0.15, 0.2) is 0 Å². The molecule has 1 N–H and O–H groups in total. The van der Waals surface area contributed by atoms with Crippen molar-refractivity contribution in [3.05, 3.63) is 86.4 Å². The fourth-order valence-electron chi connectivity index (χ4n) is 4.12. The van der Waals surface area contributed by atoms with E-state index < -0.39 is 23.1 Å². The fraction of sp³-hybridized carbons (Fsp3) is 0.231. The lowest BCUT2D eigenvalue weighted by atomic mass is 10.0. The number of aromatic nitrogens is 3. The first-order chi connectivity index (χ1) is 17.5. The van der Waals surface area contributed by atoms with Crippen LogP contribution >= 0.6 is 11.3 Å². The Bertz CT molecular complexity index is 1530. The number of alkyl halides is 3. The Morgan fingerprint density at radius 1 is 1.19 bits per heavy atom. The highest BCUT2D eigenvalue weighted by Gasteiger charge is 2.34. The number of nitriles is 1. The molecule has 2 aromatic carbocycles. The van der Waals surface area contributed by atoms with Crippen LogP contribution in [-0.2, 0) is 19.1 Å². The lowest BCUT2D eigenvalue weighted by Gasteiger charge is -2.12. The maximum absolute atomic E-state index is 15.0. The second kappa shape index (κ2) is 10.1. The molecule has 0 atom stereocenters. The summed E-state index contributed by atoms with van der Waals surface area (Å²) in [5, 5.41) is 16.1. The summed E-state index contributed by atoms with van der Waals surface area (Å²) in [5.74, 6) is -0.862. The van der Waals surface area contributed by atoms with Crippen molar-refractivity contribution in [2.24, 2.45) is 0 Å². The van der Waals surface area contributed by atoms with E-state index in [2.05, 4.69) is 15.4 Å². The zero-order valence-corrected chi connectivity index (χ0v) is 20.9. The second-order valence-electron chi connectivity index (χ2n) is 8.27. The van der Waals surface area contributed by atoms with Crippen LogP contribution in [0.4, 0.5) is 17.6 Å². The summed E-state index contributed by atoms with van der Waals surface area (Å²) in [7, 11) is 0. The summed E-state index contributed by atoms with van der Waals surface area (Å²) in [4.78, 5) is 17.1. The number of benzene rings is 2. The average molecular weight is 528 g/mol. The molecule has 0 spiro atoms. The van der Waals surface area contributed by atoms with E-state index in [1.54, 1.807) is 37.6 Å². The summed E-state index contributed by atoms with van der Waals surface area (Å²) in [6.45, 7) is 5.23. The highest BCUT2D eigenvalue weighted by atomic mass is 32.1. The molecule has 0 saturated carbocycles. The van der Waals surface area contributed by atoms with Crippen molar-refractivity contribution in [3.8, 4) is 22.9 Å². The smallest absolute Gasteiger partial charge is 0.347 e. The molecule has 6 nitrogen and oxygen atoms in total. The van der Waals surface area contributed by atoms with Gasteiger partial charge in [-0.15, -0.1) is 11.3 Å². The molecule has 4 rings (SSSR count). The standard InChI is InChI=1S/C26H21F4N5OS/c1-4-22-24(37-13-33-22)25(36)32-12-18-6-5-16(9-21(18)27)23-14(2)34-35(15(23)3)19-8-7-17(11-31)20(10-19)26(28,29)30/h5-10,13H,4,12H2,1-3H3,(H,32,36). The summed E-state index contributed by atoms with van der Waals surface area (Å²) >= 11 is 1.22. The number of nitrogens with zero attached hydrogens (tertiary/aromatic N) is 4. The van der Waals surface area contributed by atoms with Crippen LogP contribution < -0.4 is 5.32 Å². The zero-order chi connectivity index (χ0) is 26.9. The molecule has 37 heavy (non-hydrogen) atoms. The number of aryl methyl sites for hydroxylation is 2. The van der Waals surface area contributed by atoms with Gasteiger partial charge in [-0.05, 0) is 50.1 Å². The van der Waals surface area contributed by atoms with Crippen molar-refractivity contribution in [1.82, 2.24) is 20.1 Å². The predicted molar refractivity (Wildman–Crippen MR) is 131 cm³/mol. The van der Waals surface area contributed by atoms with Gasteiger partial charge < -0.3 is 5.32 Å². The first kappa shape index (κ1) is 26.0. The third-order valence-electron chi connectivity index (χ3n) is 5.93. The summed E-state index contributed by atoms with van der Waals surface area (Å²) in [5.41, 5.74) is 3.23. The third-order valence-corrected chi connectivity index (χ3v) is 6.80. The minimum Gasteiger partial charge on any atom is -0.347 e. The molecule has 2 heterocycles. The Kier molecular flexibility index (Phi) is 7.14. The van der Waals surface area contributed by atoms with Gasteiger partial charge in [-0.25, -0.2) is 14.1 Å². The molecule has 0 fully saturated rings. The number of hydrogen-bond acceptors (Lipinski definition) is 5. The van der Waals surface area contributed by atoms with Crippen LogP contribution in [0.3, 0.4) is 0 Å². The van der Waals surface area contributed by atoms with Crippen molar-refractivity contribution in [3.63, 3.8) is 0 Å². The first-order valence-electron chi connectivity index (χ1n) is 11.2. The lowest BCUT2D eigenvalue weighted by Crippen LogP contribution is -2.23. The van der Waals surface area contributed by atoms with Gasteiger partial charge in [0.2, 0.25) is 0 Å². The number of hydrogen-bond donors (Lipinski definition) is 1. The van der Waals surface area contributed by atoms with Gasteiger partial charge in [0.1, 0.15) is 10.7 Å². The normalized spacial score (nSPS) is 11.4. The predicted octanol–water partition coefficient (Wildman–Crippen LogP) is 6.13. The molecule has 0 radical (unpaired) electrons. The monoisotopic (exact) mass is 527 g/mol. The second-order valence-corrected chi connectivity index (χ2v) is 9.12. The Morgan fingerprint density at radius 2 is 1.95 bits per heavy atom. The molecule has 2 aromatic heterocycles. The van der Waals surface area contributed by atoms with Crippen molar-refractivity contribution in [1.29, 1.82) is 5.26 Å². The quantitative estimate of drug-likeness (QED) is 0.306. The van der Waals surface area contributed by atoms with Crippen LogP contribution in [0.5, 0.6) is 0 Å². The van der Waals surface area contributed by atoms with Crippen LogP contribution in [0.25, 0.3) is 16.8 Å². The number of halogens is 4. The van der Waals surface area contributed by atoms with E-state index >= 15 is 0 Å². The van der Waals surface area contributed by atoms with Gasteiger partial charge in [-0.2, -0.15) is 23.5 Å². The molecule has 0 unspecified atom stereocenters. The Balaban J connectivity index is 1.61. The van der Waals surface area contributed by atoms with Gasteiger partial charge >= 0.3 is 6.18 Å². The molecule has 190 valence electrons. The molecule has 0 aliphatic heterocycles. The summed E-state index contributed by atoms with van der Waals surface area (Å²) in [6, 6.07) is 9.47. The van der Waals surface area contributed by atoms with Crippen molar-refractivity contribution in [2.45, 2.75) is 39.9 Å². The van der Waals surface area contributed by atoms with Gasteiger partial charge in [-0.3, -0.25) is 4.79 Å². The van der Waals surface area contributed by atoms with Gasteiger partial charge in [-0.1, -0.05) is 19.1 Å². The largest absolute Gasteiger partial charge is 0.417 e. The molecule has 0 aliphatic carbocycles. The van der Waals surface area contributed by atoms with Crippen LogP contribution in [0.1, 0.15) is 50.4 Å². The number of rotatable bonds is 6. The van der Waals surface area contributed by atoms with Crippen LogP contribution in [0.2, 0.25) is 0 Å². The highest BCUT2D eigenvalue weighted by molar-refractivity contribution is 7.11. The fourth-order valence-corrected chi connectivity index (χ4v) is 4.91.